The Labute approximate surface area is 167 Å². The lowest BCUT2D eigenvalue weighted by atomic mass is 10.1. The number of benzene rings is 2. The van der Waals surface area contributed by atoms with Crippen molar-refractivity contribution in [2.75, 3.05) is 27.4 Å². The average Bonchev–Trinajstić information content (AvgIpc) is 2.68. The number of methoxy groups -OCH3 is 2. The van der Waals surface area contributed by atoms with Gasteiger partial charge in [0.25, 0.3) is 0 Å². The van der Waals surface area contributed by atoms with E-state index < -0.39 is 0 Å². The summed E-state index contributed by atoms with van der Waals surface area (Å²) >= 11 is 0. The monoisotopic (exact) mass is 386 g/mol. The van der Waals surface area contributed by atoms with E-state index in [1.165, 1.54) is 5.56 Å². The Morgan fingerprint density at radius 1 is 0.893 bits per heavy atom. The van der Waals surface area contributed by atoms with Gasteiger partial charge in [-0.25, -0.2) is 4.79 Å². The molecule has 28 heavy (non-hydrogen) atoms. The van der Waals surface area contributed by atoms with Gasteiger partial charge in [-0.1, -0.05) is 35.9 Å². The summed E-state index contributed by atoms with van der Waals surface area (Å²) in [6, 6.07) is 13.3. The van der Waals surface area contributed by atoms with Crippen molar-refractivity contribution in [2.45, 2.75) is 32.9 Å². The molecule has 0 saturated carbocycles. The van der Waals surface area contributed by atoms with E-state index in [1.54, 1.807) is 14.2 Å². The number of hydrogen-bond donors (Lipinski definition) is 2. The number of ether oxygens (including phenoxy) is 3. The number of rotatable bonds is 9. The van der Waals surface area contributed by atoms with Gasteiger partial charge < -0.3 is 24.8 Å². The predicted octanol–water partition coefficient (Wildman–Crippen LogP) is 4.15. The van der Waals surface area contributed by atoms with Gasteiger partial charge in [-0.3, -0.25) is 0 Å². The van der Waals surface area contributed by atoms with E-state index in [4.69, 9.17) is 14.2 Å². The first kappa shape index (κ1) is 21.6. The van der Waals surface area contributed by atoms with E-state index in [-0.39, 0.29) is 18.1 Å². The first-order valence-corrected chi connectivity index (χ1v) is 9.38. The lowest BCUT2D eigenvalue weighted by Crippen LogP contribution is -2.38. The van der Waals surface area contributed by atoms with Crippen molar-refractivity contribution in [3.63, 3.8) is 0 Å². The summed E-state index contributed by atoms with van der Waals surface area (Å²) in [5.74, 6) is 1.27. The van der Waals surface area contributed by atoms with Crippen molar-refractivity contribution in [2.24, 2.45) is 0 Å². The van der Waals surface area contributed by atoms with Crippen LogP contribution in [0.5, 0.6) is 11.5 Å². The summed E-state index contributed by atoms with van der Waals surface area (Å²) in [5, 5.41) is 5.94. The van der Waals surface area contributed by atoms with Crippen molar-refractivity contribution in [3.05, 3.63) is 59.2 Å². The van der Waals surface area contributed by atoms with E-state index in [0.717, 1.165) is 11.1 Å². The minimum atomic E-state index is -0.222. The molecule has 0 saturated heterocycles. The summed E-state index contributed by atoms with van der Waals surface area (Å²) in [6.07, 6.45) is 0. The maximum Gasteiger partial charge on any atom is 0.315 e. The van der Waals surface area contributed by atoms with E-state index in [9.17, 15) is 4.79 Å². The Bertz CT molecular complexity index is 762. The largest absolute Gasteiger partial charge is 0.493 e. The summed E-state index contributed by atoms with van der Waals surface area (Å²) in [4.78, 5) is 12.4. The van der Waals surface area contributed by atoms with Gasteiger partial charge in [-0.05, 0) is 44.0 Å². The van der Waals surface area contributed by atoms with Crippen LogP contribution in [0.4, 0.5) is 4.79 Å². The van der Waals surface area contributed by atoms with E-state index in [2.05, 4.69) is 10.6 Å². The normalized spacial score (nSPS) is 12.8. The first-order valence-electron chi connectivity index (χ1n) is 9.38. The SMILES string of the molecule is COCCOc1ccc(C(C)NC(=O)NC(C)c2ccc(C)cc2)cc1OC. The summed E-state index contributed by atoms with van der Waals surface area (Å²) in [5.41, 5.74) is 3.18. The number of aryl methyl sites for hydroxylation is 1. The van der Waals surface area contributed by atoms with Crippen molar-refractivity contribution < 1.29 is 19.0 Å². The van der Waals surface area contributed by atoms with Crippen LogP contribution in [0.15, 0.2) is 42.5 Å². The summed E-state index contributed by atoms with van der Waals surface area (Å²) in [7, 11) is 3.22. The van der Waals surface area contributed by atoms with Gasteiger partial charge in [0, 0.05) is 7.11 Å². The zero-order chi connectivity index (χ0) is 20.5. The third-order valence-corrected chi connectivity index (χ3v) is 4.51. The Morgan fingerprint density at radius 2 is 1.50 bits per heavy atom. The molecule has 6 heteroatoms. The Balaban J connectivity index is 1.96. The van der Waals surface area contributed by atoms with Gasteiger partial charge in [-0.2, -0.15) is 0 Å². The molecule has 0 spiro atoms. The average molecular weight is 386 g/mol. The molecular formula is C22H30N2O4. The molecule has 2 rings (SSSR count). The molecule has 0 bridgehead atoms. The van der Waals surface area contributed by atoms with Gasteiger partial charge >= 0.3 is 6.03 Å². The molecule has 0 aliphatic rings. The van der Waals surface area contributed by atoms with Crippen LogP contribution in [-0.4, -0.2) is 33.5 Å². The number of urea groups is 1. The highest BCUT2D eigenvalue weighted by molar-refractivity contribution is 5.75. The van der Waals surface area contributed by atoms with Crippen molar-refractivity contribution in [3.8, 4) is 11.5 Å². The maximum absolute atomic E-state index is 12.4. The number of carbonyl (C=O) groups excluding carboxylic acids is 1. The Kier molecular flexibility index (Phi) is 8.14. The molecule has 0 aromatic heterocycles. The zero-order valence-electron chi connectivity index (χ0n) is 17.2. The van der Waals surface area contributed by atoms with Crippen molar-refractivity contribution in [1.29, 1.82) is 0 Å². The van der Waals surface area contributed by atoms with E-state index in [1.807, 2.05) is 63.2 Å². The molecule has 2 amide bonds. The van der Waals surface area contributed by atoms with Crippen LogP contribution in [0.25, 0.3) is 0 Å². The molecule has 0 aliphatic carbocycles. The van der Waals surface area contributed by atoms with E-state index >= 15 is 0 Å². The molecular weight excluding hydrogens is 356 g/mol. The topological polar surface area (TPSA) is 68.8 Å². The first-order chi connectivity index (χ1) is 13.4. The standard InChI is InChI=1S/C22H30N2O4/c1-15-6-8-18(9-7-15)16(2)23-22(25)24-17(3)19-10-11-20(21(14-19)27-5)28-13-12-26-4/h6-11,14,16-17H,12-13H2,1-5H3,(H2,23,24,25). The highest BCUT2D eigenvalue weighted by Crippen LogP contribution is 2.30. The Morgan fingerprint density at radius 3 is 2.11 bits per heavy atom. The molecule has 2 atom stereocenters. The molecule has 0 radical (unpaired) electrons. The van der Waals surface area contributed by atoms with Crippen LogP contribution >= 0.6 is 0 Å². The molecule has 0 heterocycles. The maximum atomic E-state index is 12.4. The van der Waals surface area contributed by atoms with Gasteiger partial charge in [0.05, 0.1) is 25.8 Å². The summed E-state index contributed by atoms with van der Waals surface area (Å²) in [6.45, 7) is 6.88. The van der Waals surface area contributed by atoms with Gasteiger partial charge in [0.15, 0.2) is 11.5 Å². The summed E-state index contributed by atoms with van der Waals surface area (Å²) < 4.78 is 16.0. The quantitative estimate of drug-likeness (QED) is 0.635. The van der Waals surface area contributed by atoms with Gasteiger partial charge in [0.2, 0.25) is 0 Å². The number of carbonyl (C=O) groups is 1. The predicted molar refractivity (Wildman–Crippen MR) is 110 cm³/mol. The molecule has 2 unspecified atom stereocenters. The smallest absolute Gasteiger partial charge is 0.315 e. The molecule has 2 N–H and O–H groups in total. The third kappa shape index (κ3) is 6.16. The third-order valence-electron chi connectivity index (χ3n) is 4.51. The fourth-order valence-electron chi connectivity index (χ4n) is 2.76. The minimum absolute atomic E-state index is 0.0844. The second-order valence-corrected chi connectivity index (χ2v) is 6.72. The van der Waals surface area contributed by atoms with E-state index in [0.29, 0.717) is 24.7 Å². The number of nitrogens with one attached hydrogen (secondary N) is 2. The zero-order valence-corrected chi connectivity index (χ0v) is 17.2. The second-order valence-electron chi connectivity index (χ2n) is 6.72. The molecule has 0 fully saturated rings. The van der Waals surface area contributed by atoms with Gasteiger partial charge in [0.1, 0.15) is 6.61 Å². The van der Waals surface area contributed by atoms with Crippen LogP contribution in [0, 0.1) is 6.92 Å². The van der Waals surface area contributed by atoms with Crippen LogP contribution in [0.1, 0.15) is 42.6 Å². The number of amides is 2. The van der Waals surface area contributed by atoms with Crippen molar-refractivity contribution in [1.82, 2.24) is 10.6 Å². The number of hydrogen-bond acceptors (Lipinski definition) is 4. The molecule has 2 aromatic carbocycles. The molecule has 0 aliphatic heterocycles. The van der Waals surface area contributed by atoms with Gasteiger partial charge in [-0.15, -0.1) is 0 Å². The van der Waals surface area contributed by atoms with Crippen LogP contribution in [-0.2, 0) is 4.74 Å². The molecule has 152 valence electrons. The highest BCUT2D eigenvalue weighted by Gasteiger charge is 2.15. The lowest BCUT2D eigenvalue weighted by molar-refractivity contribution is 0.144. The van der Waals surface area contributed by atoms with Crippen LogP contribution in [0.2, 0.25) is 0 Å². The highest BCUT2D eigenvalue weighted by atomic mass is 16.5. The fourth-order valence-corrected chi connectivity index (χ4v) is 2.76. The Hall–Kier alpha value is -2.73. The second kappa shape index (κ2) is 10.6. The molecule has 2 aromatic rings. The fraction of sp³-hybridized carbons (Fsp3) is 0.409. The molecule has 6 nitrogen and oxygen atoms in total. The van der Waals surface area contributed by atoms with Crippen LogP contribution < -0.4 is 20.1 Å². The minimum Gasteiger partial charge on any atom is -0.493 e. The van der Waals surface area contributed by atoms with Crippen LogP contribution in [0.3, 0.4) is 0 Å². The lowest BCUT2D eigenvalue weighted by Gasteiger charge is -2.20. The van der Waals surface area contributed by atoms with Crippen molar-refractivity contribution >= 4 is 6.03 Å².